The zero-order valence-electron chi connectivity index (χ0n) is 15.1. The molecule has 1 atom stereocenters. The molecular weight excluding hydrogens is 362 g/mol. The van der Waals surface area contributed by atoms with E-state index in [0.29, 0.717) is 18.5 Å². The van der Waals surface area contributed by atoms with Crippen LogP contribution in [0.5, 0.6) is 0 Å². The van der Waals surface area contributed by atoms with Crippen LogP contribution in [-0.4, -0.2) is 36.8 Å². The minimum absolute atomic E-state index is 0.00481. The predicted molar refractivity (Wildman–Crippen MR) is 104 cm³/mol. The second-order valence-corrected chi connectivity index (χ2v) is 9.26. The lowest BCUT2D eigenvalue weighted by molar-refractivity contribution is 0.0649. The molecule has 2 aromatic carbocycles. The first-order chi connectivity index (χ1) is 12.9. The van der Waals surface area contributed by atoms with Gasteiger partial charge in [0.2, 0.25) is 0 Å². The van der Waals surface area contributed by atoms with Crippen molar-refractivity contribution in [3.63, 3.8) is 0 Å². The number of fused-ring (bicyclic) bond motifs is 1. The number of furan rings is 1. The summed E-state index contributed by atoms with van der Waals surface area (Å²) in [5.41, 5.74) is 2.41. The molecule has 2 heterocycles. The summed E-state index contributed by atoms with van der Waals surface area (Å²) in [4.78, 5) is 15.0. The minimum Gasteiger partial charge on any atom is -0.451 e. The molecule has 1 saturated heterocycles. The van der Waals surface area contributed by atoms with Gasteiger partial charge in [0.15, 0.2) is 15.6 Å². The molecule has 0 bridgehead atoms. The van der Waals surface area contributed by atoms with E-state index in [0.717, 1.165) is 16.5 Å². The van der Waals surface area contributed by atoms with Crippen molar-refractivity contribution >= 4 is 26.7 Å². The van der Waals surface area contributed by atoms with Crippen LogP contribution in [0, 0.1) is 6.92 Å². The van der Waals surface area contributed by atoms with Gasteiger partial charge in [-0.3, -0.25) is 4.79 Å². The lowest BCUT2D eigenvalue weighted by atomic mass is 10.1. The van der Waals surface area contributed by atoms with Crippen molar-refractivity contribution in [2.24, 2.45) is 0 Å². The van der Waals surface area contributed by atoms with Gasteiger partial charge in [0.25, 0.3) is 5.91 Å². The number of nitrogens with zero attached hydrogens (tertiary/aromatic N) is 1. The van der Waals surface area contributed by atoms with Crippen molar-refractivity contribution in [2.45, 2.75) is 25.9 Å². The molecule has 0 N–H and O–H groups in total. The largest absolute Gasteiger partial charge is 0.451 e. The zero-order chi connectivity index (χ0) is 19.0. The monoisotopic (exact) mass is 383 g/mol. The Bertz CT molecular complexity index is 1090. The van der Waals surface area contributed by atoms with Crippen molar-refractivity contribution < 1.29 is 17.6 Å². The standard InChI is InChI=1S/C21H21NO4S/c1-15-18-9-5-6-10-19(18)26-20(15)21(23)22(13-16-7-3-2-4-8-16)17-11-12-27(24,25)14-17/h2-10,17H,11-14H2,1H3/t17-/m1/s1. The van der Waals surface area contributed by atoms with E-state index < -0.39 is 9.84 Å². The lowest BCUT2D eigenvalue weighted by Gasteiger charge is -2.28. The number of amides is 1. The van der Waals surface area contributed by atoms with Crippen molar-refractivity contribution in [1.29, 1.82) is 0 Å². The van der Waals surface area contributed by atoms with E-state index in [9.17, 15) is 13.2 Å². The highest BCUT2D eigenvalue weighted by molar-refractivity contribution is 7.91. The molecule has 1 aliphatic rings. The third-order valence-electron chi connectivity index (χ3n) is 5.14. The number of hydrogen-bond acceptors (Lipinski definition) is 4. The quantitative estimate of drug-likeness (QED) is 0.691. The summed E-state index contributed by atoms with van der Waals surface area (Å²) in [6.07, 6.45) is 0.459. The molecule has 1 fully saturated rings. The third kappa shape index (κ3) is 3.49. The van der Waals surface area contributed by atoms with Crippen molar-refractivity contribution in [2.75, 3.05) is 11.5 Å². The molecule has 1 aromatic heterocycles. The van der Waals surface area contributed by atoms with Gasteiger partial charge in [0, 0.05) is 23.5 Å². The summed E-state index contributed by atoms with van der Waals surface area (Å²) < 4.78 is 29.9. The average molecular weight is 383 g/mol. The Labute approximate surface area is 158 Å². The van der Waals surface area contributed by atoms with Crippen LogP contribution in [0.3, 0.4) is 0 Å². The van der Waals surface area contributed by atoms with E-state index in [-0.39, 0.29) is 29.2 Å². The average Bonchev–Trinajstić information content (AvgIpc) is 3.20. The lowest BCUT2D eigenvalue weighted by Crippen LogP contribution is -2.40. The predicted octanol–water partition coefficient (Wildman–Crippen LogP) is 3.57. The van der Waals surface area contributed by atoms with Crippen molar-refractivity contribution in [1.82, 2.24) is 4.90 Å². The number of hydrogen-bond donors (Lipinski definition) is 0. The van der Waals surface area contributed by atoms with Gasteiger partial charge in [-0.2, -0.15) is 0 Å². The summed E-state index contributed by atoms with van der Waals surface area (Å²) >= 11 is 0. The van der Waals surface area contributed by atoms with Crippen molar-refractivity contribution in [3.8, 4) is 0 Å². The molecule has 1 amide bonds. The van der Waals surface area contributed by atoms with Crippen LogP contribution in [-0.2, 0) is 16.4 Å². The Kier molecular flexibility index (Phi) is 4.52. The highest BCUT2D eigenvalue weighted by Crippen LogP contribution is 2.29. The van der Waals surface area contributed by atoms with Gasteiger partial charge >= 0.3 is 0 Å². The maximum Gasteiger partial charge on any atom is 0.290 e. The molecule has 6 heteroatoms. The Hall–Kier alpha value is -2.60. The Morgan fingerprint density at radius 2 is 1.81 bits per heavy atom. The summed E-state index contributed by atoms with van der Waals surface area (Å²) in [6.45, 7) is 2.22. The van der Waals surface area contributed by atoms with E-state index in [4.69, 9.17) is 4.42 Å². The summed E-state index contributed by atoms with van der Waals surface area (Å²) in [5.74, 6) is 0.159. The number of carbonyl (C=O) groups is 1. The number of sulfone groups is 1. The fourth-order valence-corrected chi connectivity index (χ4v) is 5.41. The normalized spacial score (nSPS) is 18.6. The van der Waals surface area contributed by atoms with Gasteiger partial charge in [0.1, 0.15) is 5.58 Å². The van der Waals surface area contributed by atoms with Crippen LogP contribution in [0.4, 0.5) is 0 Å². The second-order valence-electron chi connectivity index (χ2n) is 7.03. The van der Waals surface area contributed by atoms with Gasteiger partial charge in [-0.15, -0.1) is 0 Å². The van der Waals surface area contributed by atoms with Crippen LogP contribution in [0.1, 0.15) is 28.1 Å². The number of para-hydroxylation sites is 1. The first-order valence-electron chi connectivity index (χ1n) is 8.98. The molecule has 5 nitrogen and oxygen atoms in total. The fraction of sp³-hybridized carbons (Fsp3) is 0.286. The van der Waals surface area contributed by atoms with E-state index in [1.54, 1.807) is 4.90 Å². The number of carbonyl (C=O) groups excluding carboxylic acids is 1. The molecule has 1 aliphatic heterocycles. The number of rotatable bonds is 4. The van der Waals surface area contributed by atoms with Gasteiger partial charge in [-0.1, -0.05) is 48.5 Å². The Morgan fingerprint density at radius 1 is 1.11 bits per heavy atom. The zero-order valence-corrected chi connectivity index (χ0v) is 15.9. The molecule has 140 valence electrons. The summed E-state index contributed by atoms with van der Waals surface area (Å²) in [7, 11) is -3.11. The smallest absolute Gasteiger partial charge is 0.290 e. The SMILES string of the molecule is Cc1c(C(=O)N(Cc2ccccc2)[C@@H]2CCS(=O)(=O)C2)oc2ccccc12. The maximum atomic E-state index is 13.4. The minimum atomic E-state index is -3.11. The molecule has 27 heavy (non-hydrogen) atoms. The number of aryl methyl sites for hydroxylation is 1. The molecule has 4 rings (SSSR count). The Balaban J connectivity index is 1.72. The molecule has 0 unspecified atom stereocenters. The van der Waals surface area contributed by atoms with Gasteiger partial charge in [0.05, 0.1) is 11.5 Å². The third-order valence-corrected chi connectivity index (χ3v) is 6.89. The van der Waals surface area contributed by atoms with E-state index in [1.165, 1.54) is 0 Å². The second kappa shape index (κ2) is 6.85. The first-order valence-corrected chi connectivity index (χ1v) is 10.8. The Morgan fingerprint density at radius 3 is 2.48 bits per heavy atom. The molecule has 0 aliphatic carbocycles. The van der Waals surface area contributed by atoms with E-state index in [1.807, 2.05) is 61.5 Å². The van der Waals surface area contributed by atoms with Gasteiger partial charge < -0.3 is 9.32 Å². The molecule has 0 saturated carbocycles. The van der Waals surface area contributed by atoms with Crippen LogP contribution in [0.15, 0.2) is 59.0 Å². The van der Waals surface area contributed by atoms with E-state index >= 15 is 0 Å². The fourth-order valence-electron chi connectivity index (χ4n) is 3.68. The van der Waals surface area contributed by atoms with Crippen molar-refractivity contribution in [3.05, 3.63) is 71.5 Å². The van der Waals surface area contributed by atoms with Crippen LogP contribution in [0.2, 0.25) is 0 Å². The number of benzene rings is 2. The molecule has 0 radical (unpaired) electrons. The first kappa shape index (κ1) is 17.8. The summed E-state index contributed by atoms with van der Waals surface area (Å²) in [5, 5.41) is 0.902. The van der Waals surface area contributed by atoms with Crippen LogP contribution < -0.4 is 0 Å². The highest BCUT2D eigenvalue weighted by Gasteiger charge is 2.36. The van der Waals surface area contributed by atoms with Gasteiger partial charge in [-0.25, -0.2) is 8.42 Å². The van der Waals surface area contributed by atoms with Crippen LogP contribution >= 0.6 is 0 Å². The molecular formula is C21H21NO4S. The molecule has 0 spiro atoms. The topological polar surface area (TPSA) is 67.6 Å². The molecule has 3 aromatic rings. The van der Waals surface area contributed by atoms with Crippen LogP contribution in [0.25, 0.3) is 11.0 Å². The van der Waals surface area contributed by atoms with Gasteiger partial charge in [-0.05, 0) is 25.0 Å². The summed E-state index contributed by atoms with van der Waals surface area (Å²) in [6, 6.07) is 16.8. The maximum absolute atomic E-state index is 13.4. The van der Waals surface area contributed by atoms with E-state index in [2.05, 4.69) is 0 Å². The highest BCUT2D eigenvalue weighted by atomic mass is 32.2.